The predicted molar refractivity (Wildman–Crippen MR) is 193 cm³/mol. The zero-order valence-corrected chi connectivity index (χ0v) is 31.2. The summed E-state index contributed by atoms with van der Waals surface area (Å²) >= 11 is 0. The molecule has 1 radical (unpaired) electrons. The molecule has 0 unspecified atom stereocenters. The van der Waals surface area contributed by atoms with Crippen LogP contribution >= 0.6 is 0 Å². The van der Waals surface area contributed by atoms with Crippen LogP contribution in [-0.2, 0) is 26.5 Å². The van der Waals surface area contributed by atoms with Gasteiger partial charge in [0.05, 0.1) is 13.7 Å². The summed E-state index contributed by atoms with van der Waals surface area (Å²) in [5.41, 5.74) is 10.3. The molecular formula is C41H39IrN3OSi-2. The van der Waals surface area contributed by atoms with E-state index in [1.54, 1.807) is 0 Å². The minimum atomic E-state index is -1.43. The van der Waals surface area contributed by atoms with Gasteiger partial charge in [-0.15, -0.1) is 54.1 Å². The number of nitrogens with zero attached hydrogens (tertiary/aromatic N) is 3. The smallest absolute Gasteiger partial charge is 0.216 e. The third kappa shape index (κ3) is 7.85. The maximum absolute atomic E-state index is 6.04. The minimum absolute atomic E-state index is 0. The maximum atomic E-state index is 6.04. The number of hydrogen-bond donors (Lipinski definition) is 0. The average Bonchev–Trinajstić information content (AvgIpc) is 3.43. The molecule has 6 heteroatoms. The van der Waals surface area contributed by atoms with Crippen molar-refractivity contribution in [3.8, 4) is 22.5 Å². The number of furan rings is 1. The van der Waals surface area contributed by atoms with Crippen molar-refractivity contribution in [2.24, 2.45) is 0 Å². The fraction of sp³-hybridized carbons (Fsp3) is 0.195. The topological polar surface area (TPSA) is 51.8 Å². The molecule has 4 aromatic heterocycles. The van der Waals surface area contributed by atoms with E-state index in [0.29, 0.717) is 11.6 Å². The predicted octanol–water partition coefficient (Wildman–Crippen LogP) is 9.96. The van der Waals surface area contributed by atoms with Crippen molar-refractivity contribution in [3.63, 3.8) is 0 Å². The molecule has 0 saturated carbocycles. The van der Waals surface area contributed by atoms with E-state index in [9.17, 15) is 0 Å². The van der Waals surface area contributed by atoms with Gasteiger partial charge in [-0.3, -0.25) is 0 Å². The number of fused-ring (bicyclic) bond motifs is 3. The summed E-state index contributed by atoms with van der Waals surface area (Å²) in [6, 6.07) is 39.7. The van der Waals surface area contributed by atoms with Crippen LogP contribution in [0.25, 0.3) is 44.6 Å². The third-order valence-corrected chi connectivity index (χ3v) is 10.2. The van der Waals surface area contributed by atoms with Crippen LogP contribution < -0.4 is 5.19 Å². The van der Waals surface area contributed by atoms with Gasteiger partial charge >= 0.3 is 0 Å². The van der Waals surface area contributed by atoms with Crippen LogP contribution in [0.4, 0.5) is 0 Å². The van der Waals surface area contributed by atoms with E-state index >= 15 is 0 Å². The van der Waals surface area contributed by atoms with Gasteiger partial charge in [-0.05, 0) is 59.6 Å². The second-order valence-electron chi connectivity index (χ2n) is 13.0. The summed E-state index contributed by atoms with van der Waals surface area (Å²) < 4.78 is 6.04. The van der Waals surface area contributed by atoms with Crippen molar-refractivity contribution >= 4 is 35.3 Å². The number of aromatic nitrogens is 3. The van der Waals surface area contributed by atoms with Gasteiger partial charge in [0.1, 0.15) is 0 Å². The van der Waals surface area contributed by atoms with Crippen molar-refractivity contribution in [2.45, 2.75) is 52.8 Å². The van der Waals surface area contributed by atoms with E-state index < -0.39 is 8.07 Å². The fourth-order valence-corrected chi connectivity index (χ4v) is 7.26. The standard InChI is InChI=1S/C21H22NSi.C20H17N2O.Ir/c1-23(2,3)21-16-22-20(18-12-8-5-9-13-18)15-19(21)14-17-10-6-4-7-11-17;1-12(2)14-9-10-21-18(11-14)17-6-4-5-15-16-8-7-13(3)22-20(16)23-19(15)17;/h4-12,15-16H,14H2,1-3H3;4-5,7-12H,1-3H3;/q2*-1;. The largest absolute Gasteiger partial charge is 0.486 e. The van der Waals surface area contributed by atoms with E-state index in [1.807, 2.05) is 49.5 Å². The minimum Gasteiger partial charge on any atom is -0.486 e. The first-order valence-corrected chi connectivity index (χ1v) is 19.3. The first kappa shape index (κ1) is 34.1. The van der Waals surface area contributed by atoms with Crippen LogP contribution in [0.15, 0.2) is 114 Å². The van der Waals surface area contributed by atoms with Gasteiger partial charge in [0, 0.05) is 43.6 Å². The molecule has 0 spiro atoms. The Balaban J connectivity index is 0.000000181. The van der Waals surface area contributed by atoms with E-state index in [2.05, 4.69) is 122 Å². The molecule has 0 aliphatic rings. The molecule has 0 aliphatic carbocycles. The Hall–Kier alpha value is -4.22. The van der Waals surface area contributed by atoms with Crippen molar-refractivity contribution < 1.29 is 24.5 Å². The Morgan fingerprint density at radius 2 is 1.57 bits per heavy atom. The Labute approximate surface area is 292 Å². The van der Waals surface area contributed by atoms with Gasteiger partial charge in [-0.25, -0.2) is 4.98 Å². The molecule has 0 N–H and O–H groups in total. The number of pyridine rings is 3. The van der Waals surface area contributed by atoms with Crippen LogP contribution in [0.3, 0.4) is 0 Å². The first-order valence-electron chi connectivity index (χ1n) is 15.8. The van der Waals surface area contributed by atoms with Gasteiger partial charge in [-0.1, -0.05) is 98.0 Å². The Morgan fingerprint density at radius 3 is 2.30 bits per heavy atom. The molecule has 239 valence electrons. The molecule has 0 saturated heterocycles. The second-order valence-corrected chi connectivity index (χ2v) is 18.1. The monoisotopic (exact) mass is 810 g/mol. The molecule has 47 heavy (non-hydrogen) atoms. The van der Waals surface area contributed by atoms with Crippen molar-refractivity contribution in [1.29, 1.82) is 0 Å². The summed E-state index contributed by atoms with van der Waals surface area (Å²) in [5.74, 6) is 0.455. The van der Waals surface area contributed by atoms with E-state index in [-0.39, 0.29) is 20.1 Å². The summed E-state index contributed by atoms with van der Waals surface area (Å²) in [4.78, 5) is 13.7. The van der Waals surface area contributed by atoms with Crippen molar-refractivity contribution in [1.82, 2.24) is 15.0 Å². The Bertz CT molecular complexity index is 2100. The van der Waals surface area contributed by atoms with E-state index in [1.165, 1.54) is 21.9 Å². The molecule has 3 aromatic carbocycles. The third-order valence-electron chi connectivity index (χ3n) is 8.16. The quantitative estimate of drug-likeness (QED) is 0.124. The number of rotatable bonds is 6. The van der Waals surface area contributed by atoms with Gasteiger partial charge in [-0.2, -0.15) is 0 Å². The molecule has 7 aromatic rings. The molecule has 0 fully saturated rings. The van der Waals surface area contributed by atoms with E-state index in [4.69, 9.17) is 9.40 Å². The summed E-state index contributed by atoms with van der Waals surface area (Å²) in [6.45, 7) is 13.5. The SMILES string of the molecule is C[Si](C)(C)c1cnc(-c2[c-]cccc2)cc1Cc1ccccc1.Cc1ccc2c(n1)oc1c(-c3cc(C(C)C)ccn3)[c-]ccc12.[Ir]. The fourth-order valence-electron chi connectivity index (χ4n) is 5.68. The molecule has 0 atom stereocenters. The molecule has 7 rings (SSSR count). The van der Waals surface area contributed by atoms with Gasteiger partial charge in [0.15, 0.2) is 0 Å². The van der Waals surface area contributed by atoms with Crippen molar-refractivity contribution in [3.05, 3.63) is 144 Å². The second kappa shape index (κ2) is 14.7. The molecule has 4 nitrogen and oxygen atoms in total. The number of aryl methyl sites for hydroxylation is 1. The zero-order chi connectivity index (χ0) is 32.3. The van der Waals surface area contributed by atoms with Crippen LogP contribution in [0.2, 0.25) is 19.6 Å². The van der Waals surface area contributed by atoms with Gasteiger partial charge < -0.3 is 14.4 Å². The van der Waals surface area contributed by atoms with Crippen molar-refractivity contribution in [2.75, 3.05) is 0 Å². The first-order chi connectivity index (χ1) is 22.2. The van der Waals surface area contributed by atoms with Gasteiger partial charge in [0.25, 0.3) is 0 Å². The van der Waals surface area contributed by atoms with Crippen LogP contribution in [0.5, 0.6) is 0 Å². The Morgan fingerprint density at radius 1 is 0.787 bits per heavy atom. The molecule has 0 aliphatic heterocycles. The number of benzene rings is 3. The summed E-state index contributed by atoms with van der Waals surface area (Å²) in [7, 11) is -1.43. The average molecular weight is 810 g/mol. The Kier molecular flexibility index (Phi) is 10.7. The molecular weight excluding hydrogens is 771 g/mol. The molecule has 0 amide bonds. The summed E-state index contributed by atoms with van der Waals surface area (Å²) in [5, 5.41) is 3.53. The van der Waals surface area contributed by atoms with E-state index in [0.717, 1.165) is 51.0 Å². The summed E-state index contributed by atoms with van der Waals surface area (Å²) in [6.07, 6.45) is 4.91. The maximum Gasteiger partial charge on any atom is 0.216 e. The zero-order valence-electron chi connectivity index (χ0n) is 27.8. The van der Waals surface area contributed by atoms with Gasteiger partial charge in [0.2, 0.25) is 5.71 Å². The molecule has 0 bridgehead atoms. The molecule has 4 heterocycles. The van der Waals surface area contributed by atoms with Crippen LogP contribution in [-0.4, -0.2) is 23.0 Å². The van der Waals surface area contributed by atoms with Crippen LogP contribution in [0, 0.1) is 19.1 Å². The normalized spacial score (nSPS) is 11.3. The number of hydrogen-bond acceptors (Lipinski definition) is 4. The van der Waals surface area contributed by atoms with Crippen LogP contribution in [0.1, 0.15) is 42.1 Å².